The van der Waals surface area contributed by atoms with Crippen molar-refractivity contribution in [3.63, 3.8) is 0 Å². The van der Waals surface area contributed by atoms with Gasteiger partial charge in [0.2, 0.25) is 5.91 Å². The summed E-state index contributed by atoms with van der Waals surface area (Å²) in [4.78, 5) is 25.9. The highest BCUT2D eigenvalue weighted by molar-refractivity contribution is 5.82. The van der Waals surface area contributed by atoms with E-state index >= 15 is 0 Å². The molecular weight excluding hydrogens is 431 g/mol. The minimum atomic E-state index is -0.348. The van der Waals surface area contributed by atoms with Gasteiger partial charge in [0.25, 0.3) is 0 Å². The SMILES string of the molecule is Cc1cccc(-n2nc(CC(=O)NCc3ccccc3F)cc2-c2ccc3nccnc3c2)n1. The van der Waals surface area contributed by atoms with E-state index in [-0.39, 0.29) is 24.7 Å². The van der Waals surface area contributed by atoms with Gasteiger partial charge >= 0.3 is 0 Å². The number of aromatic nitrogens is 5. The van der Waals surface area contributed by atoms with Crippen LogP contribution >= 0.6 is 0 Å². The van der Waals surface area contributed by atoms with E-state index in [1.165, 1.54) is 6.07 Å². The molecule has 5 aromatic rings. The van der Waals surface area contributed by atoms with E-state index in [2.05, 4.69) is 25.4 Å². The lowest BCUT2D eigenvalue weighted by atomic mass is 10.1. The average Bonchev–Trinajstić information content (AvgIpc) is 3.27. The van der Waals surface area contributed by atoms with Crippen molar-refractivity contribution in [2.24, 2.45) is 0 Å². The van der Waals surface area contributed by atoms with Crippen molar-refractivity contribution >= 4 is 16.9 Å². The van der Waals surface area contributed by atoms with Crippen LogP contribution in [0.5, 0.6) is 0 Å². The number of fused-ring (bicyclic) bond motifs is 1. The number of carbonyl (C=O) groups is 1. The maximum Gasteiger partial charge on any atom is 0.226 e. The van der Waals surface area contributed by atoms with Crippen LogP contribution in [0.4, 0.5) is 4.39 Å². The standard InChI is InChI=1S/C26H21FN6O/c1-17-5-4-8-25(31-17)33-24(18-9-10-22-23(13-18)29-12-11-28-22)14-20(32-33)15-26(34)30-16-19-6-2-3-7-21(19)27/h2-14H,15-16H2,1H3,(H,30,34). The van der Waals surface area contributed by atoms with Gasteiger partial charge in [-0.05, 0) is 43.3 Å². The molecule has 0 spiro atoms. The Morgan fingerprint density at radius 1 is 0.971 bits per heavy atom. The summed E-state index contributed by atoms with van der Waals surface area (Å²) in [6.45, 7) is 2.03. The molecule has 0 radical (unpaired) electrons. The molecule has 0 unspecified atom stereocenters. The molecular formula is C26H21FN6O. The molecule has 0 atom stereocenters. The first-order valence-electron chi connectivity index (χ1n) is 10.8. The number of benzene rings is 2. The number of pyridine rings is 1. The second-order valence-corrected chi connectivity index (χ2v) is 7.87. The molecule has 0 saturated heterocycles. The predicted molar refractivity (Wildman–Crippen MR) is 127 cm³/mol. The van der Waals surface area contributed by atoms with Crippen molar-refractivity contribution in [2.75, 3.05) is 0 Å². The lowest BCUT2D eigenvalue weighted by Gasteiger charge is -2.08. The van der Waals surface area contributed by atoms with Gasteiger partial charge < -0.3 is 5.32 Å². The van der Waals surface area contributed by atoms with Crippen molar-refractivity contribution in [3.8, 4) is 17.1 Å². The van der Waals surface area contributed by atoms with E-state index in [9.17, 15) is 9.18 Å². The van der Waals surface area contributed by atoms with Crippen LogP contribution in [-0.2, 0) is 17.8 Å². The number of carbonyl (C=O) groups excluding carboxylic acids is 1. The van der Waals surface area contributed by atoms with Gasteiger partial charge in [0.1, 0.15) is 5.82 Å². The molecule has 1 N–H and O–H groups in total. The first kappa shape index (κ1) is 21.4. The van der Waals surface area contributed by atoms with Crippen molar-refractivity contribution in [1.82, 2.24) is 30.0 Å². The van der Waals surface area contributed by atoms with E-state index in [1.807, 2.05) is 49.4 Å². The predicted octanol–water partition coefficient (Wildman–Crippen LogP) is 4.18. The molecule has 0 aliphatic carbocycles. The number of aryl methyl sites for hydroxylation is 1. The average molecular weight is 452 g/mol. The zero-order valence-electron chi connectivity index (χ0n) is 18.4. The molecule has 2 aromatic carbocycles. The minimum Gasteiger partial charge on any atom is -0.352 e. The fourth-order valence-electron chi connectivity index (χ4n) is 3.73. The number of rotatable bonds is 6. The second-order valence-electron chi connectivity index (χ2n) is 7.87. The summed E-state index contributed by atoms with van der Waals surface area (Å²) in [7, 11) is 0. The van der Waals surface area contributed by atoms with Crippen LogP contribution in [-0.4, -0.2) is 30.6 Å². The molecule has 0 fully saturated rings. The van der Waals surface area contributed by atoms with E-state index in [1.54, 1.807) is 35.3 Å². The van der Waals surface area contributed by atoms with E-state index in [4.69, 9.17) is 0 Å². The molecule has 0 bridgehead atoms. The number of nitrogens with one attached hydrogen (secondary N) is 1. The summed E-state index contributed by atoms with van der Waals surface area (Å²) in [6.07, 6.45) is 3.35. The smallest absolute Gasteiger partial charge is 0.226 e. The summed E-state index contributed by atoms with van der Waals surface area (Å²) in [5.74, 6) is 0.0487. The normalized spacial score (nSPS) is 11.0. The van der Waals surface area contributed by atoms with Crippen LogP contribution in [0.1, 0.15) is 17.0 Å². The second kappa shape index (κ2) is 9.19. The van der Waals surface area contributed by atoms with Crippen molar-refractivity contribution in [2.45, 2.75) is 19.9 Å². The Balaban J connectivity index is 1.46. The lowest BCUT2D eigenvalue weighted by Crippen LogP contribution is -2.25. The van der Waals surface area contributed by atoms with Gasteiger partial charge in [-0.1, -0.05) is 30.3 Å². The van der Waals surface area contributed by atoms with Gasteiger partial charge in [-0.15, -0.1) is 0 Å². The molecule has 3 heterocycles. The lowest BCUT2D eigenvalue weighted by molar-refractivity contribution is -0.120. The molecule has 34 heavy (non-hydrogen) atoms. The first-order valence-corrected chi connectivity index (χ1v) is 10.8. The van der Waals surface area contributed by atoms with Gasteiger partial charge in [0.05, 0.1) is 28.8 Å². The molecule has 7 nitrogen and oxygen atoms in total. The van der Waals surface area contributed by atoms with Gasteiger partial charge in [-0.3, -0.25) is 14.8 Å². The number of amides is 1. The molecule has 0 saturated carbocycles. The van der Waals surface area contributed by atoms with E-state index < -0.39 is 0 Å². The van der Waals surface area contributed by atoms with Crippen LogP contribution in [0.3, 0.4) is 0 Å². The van der Waals surface area contributed by atoms with Gasteiger partial charge in [-0.25, -0.2) is 14.1 Å². The van der Waals surface area contributed by atoms with Gasteiger partial charge in [0.15, 0.2) is 5.82 Å². The highest BCUT2D eigenvalue weighted by Gasteiger charge is 2.16. The van der Waals surface area contributed by atoms with Crippen LogP contribution in [0, 0.1) is 12.7 Å². The van der Waals surface area contributed by atoms with Crippen LogP contribution in [0.15, 0.2) is 79.1 Å². The number of hydrogen-bond donors (Lipinski definition) is 1. The Bertz CT molecular complexity index is 1500. The van der Waals surface area contributed by atoms with Crippen molar-refractivity contribution < 1.29 is 9.18 Å². The zero-order chi connectivity index (χ0) is 23.5. The Morgan fingerprint density at radius 2 is 1.79 bits per heavy atom. The maximum absolute atomic E-state index is 13.9. The fourth-order valence-corrected chi connectivity index (χ4v) is 3.73. The summed E-state index contributed by atoms with van der Waals surface area (Å²) >= 11 is 0. The molecule has 168 valence electrons. The van der Waals surface area contributed by atoms with E-state index in [0.717, 1.165) is 28.0 Å². The monoisotopic (exact) mass is 452 g/mol. The van der Waals surface area contributed by atoms with Crippen molar-refractivity contribution in [1.29, 1.82) is 0 Å². The van der Waals surface area contributed by atoms with Gasteiger partial charge in [0, 0.05) is 35.8 Å². The molecule has 5 rings (SSSR count). The third-order valence-electron chi connectivity index (χ3n) is 5.39. The van der Waals surface area contributed by atoms with Gasteiger partial charge in [-0.2, -0.15) is 5.10 Å². The highest BCUT2D eigenvalue weighted by atomic mass is 19.1. The fraction of sp³-hybridized carbons (Fsp3) is 0.115. The maximum atomic E-state index is 13.9. The highest BCUT2D eigenvalue weighted by Crippen LogP contribution is 2.26. The minimum absolute atomic E-state index is 0.0493. The topological polar surface area (TPSA) is 85.6 Å². The molecule has 3 aromatic heterocycles. The van der Waals surface area contributed by atoms with E-state index in [0.29, 0.717) is 17.1 Å². The number of nitrogens with zero attached hydrogens (tertiary/aromatic N) is 5. The third kappa shape index (κ3) is 4.52. The Kier molecular flexibility index (Phi) is 5.78. The molecule has 0 aliphatic rings. The van der Waals surface area contributed by atoms with Crippen LogP contribution in [0.2, 0.25) is 0 Å². The Morgan fingerprint density at radius 3 is 2.62 bits per heavy atom. The summed E-state index contributed by atoms with van der Waals surface area (Å²) < 4.78 is 15.6. The Hall–Kier alpha value is -4.46. The molecule has 8 heteroatoms. The largest absolute Gasteiger partial charge is 0.352 e. The number of halogens is 1. The quantitative estimate of drug-likeness (QED) is 0.418. The van der Waals surface area contributed by atoms with Crippen molar-refractivity contribution in [3.05, 3.63) is 102 Å². The molecule has 1 amide bonds. The number of hydrogen-bond acceptors (Lipinski definition) is 5. The summed E-state index contributed by atoms with van der Waals surface area (Å²) in [5, 5.41) is 7.44. The third-order valence-corrected chi connectivity index (χ3v) is 5.39. The van der Waals surface area contributed by atoms with Crippen LogP contribution in [0.25, 0.3) is 28.1 Å². The Labute approximate surface area is 195 Å². The molecule has 0 aliphatic heterocycles. The van der Waals surface area contributed by atoms with Crippen LogP contribution < -0.4 is 5.32 Å². The zero-order valence-corrected chi connectivity index (χ0v) is 18.4. The summed E-state index contributed by atoms with van der Waals surface area (Å²) in [5.41, 5.74) is 5.07. The first-order chi connectivity index (χ1) is 16.6. The summed E-state index contributed by atoms with van der Waals surface area (Å²) in [6, 6.07) is 19.7.